The molecule has 4 aliphatic carbocycles. The lowest BCUT2D eigenvalue weighted by atomic mass is 9.43. The first kappa shape index (κ1) is 26.4. The average Bonchev–Trinajstić information content (AvgIpc) is 3.46. The molecule has 7 nitrogen and oxygen atoms in total. The van der Waals surface area contributed by atoms with Crippen LogP contribution in [0.15, 0.2) is 0 Å². The summed E-state index contributed by atoms with van der Waals surface area (Å²) in [5, 5.41) is 42.4. The van der Waals surface area contributed by atoms with Gasteiger partial charge in [0.25, 0.3) is 0 Å². The molecule has 5 aliphatic rings. The van der Waals surface area contributed by atoms with Gasteiger partial charge in [-0.2, -0.15) is 0 Å². The lowest BCUT2D eigenvalue weighted by Gasteiger charge is -2.63. The number of hydrogen-bond acceptors (Lipinski definition) is 5. The van der Waals surface area contributed by atoms with E-state index in [9.17, 15) is 30.0 Å². The molecule has 12 atom stereocenters. The molecule has 4 N–H and O–H groups in total. The van der Waals surface area contributed by atoms with Crippen LogP contribution >= 0.6 is 0 Å². The lowest BCUT2D eigenvalue weighted by Crippen LogP contribution is -2.64. The maximum atomic E-state index is 12.9. The Kier molecular flexibility index (Phi) is 7.00. The quantitative estimate of drug-likeness (QED) is 0.455. The van der Waals surface area contributed by atoms with Crippen LogP contribution < -0.4 is 0 Å². The molecule has 5 fully saturated rings. The minimum atomic E-state index is -0.895. The first-order chi connectivity index (χ1) is 17.0. The second-order valence-electron chi connectivity index (χ2n) is 13.6. The van der Waals surface area contributed by atoms with E-state index in [1.165, 1.54) is 0 Å². The highest BCUT2D eigenvalue weighted by Crippen LogP contribution is 2.68. The number of carboxylic acid groups (broad SMARTS) is 1. The number of carboxylic acids is 1. The fourth-order valence-corrected chi connectivity index (χ4v) is 10.2. The van der Waals surface area contributed by atoms with Gasteiger partial charge >= 0.3 is 5.97 Å². The summed E-state index contributed by atoms with van der Waals surface area (Å²) in [5.74, 6) is 0.694. The Bertz CT molecular complexity index is 865. The molecule has 36 heavy (non-hydrogen) atoms. The van der Waals surface area contributed by atoms with E-state index in [0.717, 1.165) is 51.4 Å². The van der Waals surface area contributed by atoms with Crippen molar-refractivity contribution in [2.75, 3.05) is 6.54 Å². The lowest BCUT2D eigenvalue weighted by molar-refractivity contribution is -0.223. The maximum absolute atomic E-state index is 12.9. The van der Waals surface area contributed by atoms with Gasteiger partial charge in [-0.3, -0.25) is 4.79 Å². The summed E-state index contributed by atoms with van der Waals surface area (Å²) in [6.07, 6.45) is 7.21. The van der Waals surface area contributed by atoms with E-state index < -0.39 is 24.2 Å². The van der Waals surface area contributed by atoms with E-state index in [-0.39, 0.29) is 34.7 Å². The minimum Gasteiger partial charge on any atom is -0.480 e. The zero-order chi connectivity index (χ0) is 26.0. The molecule has 0 aromatic heterocycles. The summed E-state index contributed by atoms with van der Waals surface area (Å²) in [4.78, 5) is 26.0. The van der Waals surface area contributed by atoms with Crippen LogP contribution in [0.2, 0.25) is 0 Å². The Labute approximate surface area is 215 Å². The predicted molar refractivity (Wildman–Crippen MR) is 135 cm³/mol. The Morgan fingerprint density at radius 3 is 2.33 bits per heavy atom. The van der Waals surface area contributed by atoms with Crippen LogP contribution in [0.5, 0.6) is 0 Å². The van der Waals surface area contributed by atoms with Crippen LogP contribution in [-0.2, 0) is 9.59 Å². The van der Waals surface area contributed by atoms with Crippen LogP contribution in [0.25, 0.3) is 0 Å². The van der Waals surface area contributed by atoms with Crippen LogP contribution in [-0.4, -0.2) is 68.1 Å². The number of nitrogens with zero attached hydrogens (tertiary/aromatic N) is 1. The van der Waals surface area contributed by atoms with Crippen molar-refractivity contribution >= 4 is 11.9 Å². The van der Waals surface area contributed by atoms with Gasteiger partial charge < -0.3 is 25.3 Å². The minimum absolute atomic E-state index is 0.0283. The van der Waals surface area contributed by atoms with Crippen molar-refractivity contribution in [1.82, 2.24) is 4.90 Å². The molecule has 0 bridgehead atoms. The number of aliphatic hydroxyl groups excluding tert-OH is 3. The van der Waals surface area contributed by atoms with E-state index in [0.29, 0.717) is 49.5 Å². The average molecular weight is 506 g/mol. The van der Waals surface area contributed by atoms with Crippen molar-refractivity contribution in [2.45, 2.75) is 116 Å². The third-order valence-electron chi connectivity index (χ3n) is 12.2. The van der Waals surface area contributed by atoms with Crippen LogP contribution in [0.3, 0.4) is 0 Å². The van der Waals surface area contributed by atoms with Gasteiger partial charge in [-0.25, -0.2) is 4.79 Å². The number of rotatable bonds is 5. The van der Waals surface area contributed by atoms with Gasteiger partial charge in [-0.15, -0.1) is 0 Å². The molecule has 1 saturated heterocycles. The normalized spacial score (nSPS) is 49.2. The van der Waals surface area contributed by atoms with Gasteiger partial charge in [0, 0.05) is 13.0 Å². The Morgan fingerprint density at radius 2 is 1.61 bits per heavy atom. The zero-order valence-electron chi connectivity index (χ0n) is 22.3. The first-order valence-electron chi connectivity index (χ1n) is 14.6. The molecule has 1 aliphatic heterocycles. The number of aliphatic hydroxyl groups is 3. The Balaban J connectivity index is 1.28. The number of fused-ring (bicyclic) bond motifs is 5. The molecule has 1 heterocycles. The molecule has 1 amide bonds. The molecule has 5 rings (SSSR count). The summed E-state index contributed by atoms with van der Waals surface area (Å²) in [5.41, 5.74) is 0.0509. The second kappa shape index (κ2) is 9.53. The van der Waals surface area contributed by atoms with Crippen LogP contribution in [0.4, 0.5) is 0 Å². The molecule has 204 valence electrons. The molecule has 0 aromatic carbocycles. The van der Waals surface area contributed by atoms with Crippen molar-refractivity contribution in [3.8, 4) is 0 Å². The number of aliphatic carboxylic acids is 1. The summed E-state index contributed by atoms with van der Waals surface area (Å²) in [7, 11) is 0. The highest BCUT2D eigenvalue weighted by molar-refractivity contribution is 5.84. The van der Waals surface area contributed by atoms with E-state index in [4.69, 9.17) is 0 Å². The molecule has 0 aromatic rings. The van der Waals surface area contributed by atoms with Crippen molar-refractivity contribution in [3.05, 3.63) is 0 Å². The standard InChI is InChI=1S/C29H47NO6/c1-16(6-9-23(32)30-14-4-5-22(30)27(35)36)18-7-8-19-24-20(11-13-28(18,19)2)29(3)12-10-17(31)15-21(29)25(33)26(24)34/h16-22,24-26,31,33-34H,4-15H2,1-3H3,(H,35,36)/t16-,17-,18-,19+,20+,21+,22?,24+,25-,26-,28-,29-/m1/s1. The second-order valence-corrected chi connectivity index (χ2v) is 13.6. The van der Waals surface area contributed by atoms with Crippen molar-refractivity contribution in [3.63, 3.8) is 0 Å². The molecule has 0 radical (unpaired) electrons. The van der Waals surface area contributed by atoms with Crippen molar-refractivity contribution in [2.24, 2.45) is 46.3 Å². The summed E-state index contributed by atoms with van der Waals surface area (Å²) in [6, 6.07) is -0.665. The molecular weight excluding hydrogens is 458 g/mol. The van der Waals surface area contributed by atoms with Gasteiger partial charge in [0.1, 0.15) is 6.04 Å². The smallest absolute Gasteiger partial charge is 0.326 e. The van der Waals surface area contributed by atoms with Gasteiger partial charge in [-0.05, 0) is 111 Å². The third kappa shape index (κ3) is 4.03. The summed E-state index contributed by atoms with van der Waals surface area (Å²) < 4.78 is 0. The number of likely N-dealkylation sites (tertiary alicyclic amines) is 1. The van der Waals surface area contributed by atoms with Crippen LogP contribution in [0, 0.1) is 46.3 Å². The van der Waals surface area contributed by atoms with E-state index in [1.807, 2.05) is 0 Å². The SMILES string of the molecule is C[C@H](CCC(=O)N1CCCC1C(=O)O)[C@H]1CC[C@H]2[C@@H]3[C@@H](O)[C@H](O)[C@@H]4C[C@H](O)CC[C@]4(C)[C@H]3CC[C@]12C. The topological polar surface area (TPSA) is 118 Å². The zero-order valence-corrected chi connectivity index (χ0v) is 22.3. The molecular formula is C29H47NO6. The van der Waals surface area contributed by atoms with E-state index in [2.05, 4.69) is 20.8 Å². The number of amides is 1. The van der Waals surface area contributed by atoms with Gasteiger partial charge in [0.15, 0.2) is 0 Å². The van der Waals surface area contributed by atoms with Gasteiger partial charge in [0.05, 0.1) is 18.3 Å². The molecule has 7 heteroatoms. The number of carbonyl (C=O) groups excluding carboxylic acids is 1. The van der Waals surface area contributed by atoms with Gasteiger partial charge in [0.2, 0.25) is 5.91 Å². The van der Waals surface area contributed by atoms with Crippen LogP contribution in [0.1, 0.15) is 91.4 Å². The highest BCUT2D eigenvalue weighted by atomic mass is 16.4. The van der Waals surface area contributed by atoms with Gasteiger partial charge in [-0.1, -0.05) is 20.8 Å². The fourth-order valence-electron chi connectivity index (χ4n) is 10.2. The Morgan fingerprint density at radius 1 is 0.917 bits per heavy atom. The molecule has 0 spiro atoms. The third-order valence-corrected chi connectivity index (χ3v) is 12.2. The monoisotopic (exact) mass is 505 g/mol. The molecule has 1 unspecified atom stereocenters. The largest absolute Gasteiger partial charge is 0.480 e. The highest BCUT2D eigenvalue weighted by Gasteiger charge is 2.65. The summed E-state index contributed by atoms with van der Waals surface area (Å²) >= 11 is 0. The number of hydrogen-bond donors (Lipinski definition) is 4. The maximum Gasteiger partial charge on any atom is 0.326 e. The molecule has 4 saturated carbocycles. The number of carbonyl (C=O) groups is 2. The first-order valence-corrected chi connectivity index (χ1v) is 14.6. The fraction of sp³-hybridized carbons (Fsp3) is 0.931. The van der Waals surface area contributed by atoms with E-state index in [1.54, 1.807) is 4.90 Å². The summed E-state index contributed by atoms with van der Waals surface area (Å²) in [6.45, 7) is 7.50. The van der Waals surface area contributed by atoms with Crippen molar-refractivity contribution < 1.29 is 30.0 Å². The van der Waals surface area contributed by atoms with Crippen molar-refractivity contribution in [1.29, 1.82) is 0 Å². The Hall–Kier alpha value is -1.18. The van der Waals surface area contributed by atoms with E-state index >= 15 is 0 Å². The predicted octanol–water partition coefficient (Wildman–Crippen LogP) is 3.44.